The highest BCUT2D eigenvalue weighted by molar-refractivity contribution is 9.08. The van der Waals surface area contributed by atoms with E-state index >= 15 is 0 Å². The van der Waals surface area contributed by atoms with Crippen LogP contribution in [0.5, 0.6) is 0 Å². The zero-order chi connectivity index (χ0) is 16.3. The Morgan fingerprint density at radius 3 is 2.32 bits per heavy atom. The Labute approximate surface area is 138 Å². The van der Waals surface area contributed by atoms with Crippen molar-refractivity contribution in [2.24, 2.45) is 0 Å². The molecule has 0 atom stereocenters. The Hall–Kier alpha value is -1.68. The van der Waals surface area contributed by atoms with Crippen molar-refractivity contribution in [3.8, 4) is 11.1 Å². The standard InChI is InChI=1S/C18H18BrFO2/c1-18(2,3)22-17(21)16-13(11-19)5-4-6-15(16)12-7-9-14(20)10-8-12/h4-10H,11H2,1-3H3. The molecule has 2 aromatic rings. The van der Waals surface area contributed by atoms with E-state index in [-0.39, 0.29) is 11.8 Å². The topological polar surface area (TPSA) is 26.3 Å². The molecular weight excluding hydrogens is 347 g/mol. The second-order valence-corrected chi connectivity index (χ2v) is 6.54. The molecule has 0 N–H and O–H groups in total. The average molecular weight is 365 g/mol. The Bertz CT molecular complexity index is 672. The number of halogens is 2. The van der Waals surface area contributed by atoms with Crippen LogP contribution in [-0.4, -0.2) is 11.6 Å². The van der Waals surface area contributed by atoms with Gasteiger partial charge in [-0.05, 0) is 49.6 Å². The zero-order valence-corrected chi connectivity index (χ0v) is 14.4. The molecule has 0 heterocycles. The highest BCUT2D eigenvalue weighted by Gasteiger charge is 2.23. The van der Waals surface area contributed by atoms with Gasteiger partial charge in [-0.1, -0.05) is 46.3 Å². The molecule has 0 aromatic heterocycles. The molecule has 2 aromatic carbocycles. The lowest BCUT2D eigenvalue weighted by molar-refractivity contribution is 0.00696. The summed E-state index contributed by atoms with van der Waals surface area (Å²) in [5, 5.41) is 0.538. The SMILES string of the molecule is CC(C)(C)OC(=O)c1c(CBr)cccc1-c1ccc(F)cc1. The summed E-state index contributed by atoms with van der Waals surface area (Å²) in [7, 11) is 0. The largest absolute Gasteiger partial charge is 0.456 e. The van der Waals surface area contributed by atoms with E-state index in [1.165, 1.54) is 12.1 Å². The van der Waals surface area contributed by atoms with Gasteiger partial charge in [0.15, 0.2) is 0 Å². The molecule has 0 aliphatic carbocycles. The first-order chi connectivity index (χ1) is 10.3. The lowest BCUT2D eigenvalue weighted by Crippen LogP contribution is -2.25. The average Bonchev–Trinajstić information content (AvgIpc) is 2.45. The van der Waals surface area contributed by atoms with Crippen LogP contribution in [0.25, 0.3) is 11.1 Å². The Morgan fingerprint density at radius 1 is 1.14 bits per heavy atom. The number of alkyl halides is 1. The summed E-state index contributed by atoms with van der Waals surface area (Å²) in [4.78, 5) is 12.6. The third-order valence-electron chi connectivity index (χ3n) is 3.05. The molecule has 4 heteroatoms. The van der Waals surface area contributed by atoms with Gasteiger partial charge in [-0.15, -0.1) is 0 Å². The number of carbonyl (C=O) groups excluding carboxylic acids is 1. The van der Waals surface area contributed by atoms with Gasteiger partial charge in [0, 0.05) is 5.33 Å². The van der Waals surface area contributed by atoms with Crippen LogP contribution in [0.3, 0.4) is 0 Å². The summed E-state index contributed by atoms with van der Waals surface area (Å²) >= 11 is 3.41. The Kier molecular flexibility index (Phi) is 5.01. The Morgan fingerprint density at radius 2 is 1.77 bits per heavy atom. The fourth-order valence-electron chi connectivity index (χ4n) is 2.15. The summed E-state index contributed by atoms with van der Waals surface area (Å²) in [6.07, 6.45) is 0. The maximum Gasteiger partial charge on any atom is 0.339 e. The lowest BCUT2D eigenvalue weighted by Gasteiger charge is -2.22. The molecule has 0 saturated carbocycles. The van der Waals surface area contributed by atoms with E-state index in [0.717, 1.165) is 16.7 Å². The molecular formula is C18H18BrFO2. The van der Waals surface area contributed by atoms with Crippen LogP contribution in [0.4, 0.5) is 4.39 Å². The molecule has 0 unspecified atom stereocenters. The van der Waals surface area contributed by atoms with Crippen molar-refractivity contribution >= 4 is 21.9 Å². The molecule has 0 fully saturated rings. The van der Waals surface area contributed by atoms with Gasteiger partial charge in [0.05, 0.1) is 5.56 Å². The smallest absolute Gasteiger partial charge is 0.339 e. The van der Waals surface area contributed by atoms with Gasteiger partial charge >= 0.3 is 5.97 Å². The maximum atomic E-state index is 13.1. The molecule has 0 radical (unpaired) electrons. The van der Waals surface area contributed by atoms with Crippen molar-refractivity contribution in [3.05, 3.63) is 59.4 Å². The quantitative estimate of drug-likeness (QED) is 0.542. The third-order valence-corrected chi connectivity index (χ3v) is 3.66. The van der Waals surface area contributed by atoms with Crippen LogP contribution in [0.2, 0.25) is 0 Å². The molecule has 0 saturated heterocycles. The molecule has 2 rings (SSSR count). The monoisotopic (exact) mass is 364 g/mol. The number of esters is 1. The molecule has 116 valence electrons. The molecule has 0 aliphatic heterocycles. The van der Waals surface area contributed by atoms with Crippen LogP contribution in [-0.2, 0) is 10.1 Å². The van der Waals surface area contributed by atoms with Crippen molar-refractivity contribution < 1.29 is 13.9 Å². The maximum absolute atomic E-state index is 13.1. The van der Waals surface area contributed by atoms with Gasteiger partial charge in [0.25, 0.3) is 0 Å². The van der Waals surface area contributed by atoms with Crippen LogP contribution in [0.15, 0.2) is 42.5 Å². The van der Waals surface area contributed by atoms with E-state index in [2.05, 4.69) is 15.9 Å². The summed E-state index contributed by atoms with van der Waals surface area (Å²) in [6, 6.07) is 11.7. The van der Waals surface area contributed by atoms with E-state index in [1.807, 2.05) is 39.0 Å². The molecule has 0 aliphatic rings. The molecule has 2 nitrogen and oxygen atoms in total. The van der Waals surface area contributed by atoms with Crippen molar-refractivity contribution in [2.75, 3.05) is 0 Å². The van der Waals surface area contributed by atoms with E-state index < -0.39 is 5.60 Å². The fourth-order valence-corrected chi connectivity index (χ4v) is 2.62. The third kappa shape index (κ3) is 3.95. The van der Waals surface area contributed by atoms with Gasteiger partial charge in [-0.2, -0.15) is 0 Å². The number of hydrogen-bond donors (Lipinski definition) is 0. The molecule has 0 amide bonds. The van der Waals surface area contributed by atoms with E-state index in [0.29, 0.717) is 10.9 Å². The van der Waals surface area contributed by atoms with Crippen molar-refractivity contribution in [1.29, 1.82) is 0 Å². The molecule has 0 spiro atoms. The number of ether oxygens (including phenoxy) is 1. The second-order valence-electron chi connectivity index (χ2n) is 5.98. The summed E-state index contributed by atoms with van der Waals surface area (Å²) in [6.45, 7) is 5.50. The first-order valence-corrected chi connectivity index (χ1v) is 8.11. The van der Waals surface area contributed by atoms with Crippen molar-refractivity contribution in [3.63, 3.8) is 0 Å². The number of carbonyl (C=O) groups is 1. The lowest BCUT2D eigenvalue weighted by atomic mass is 9.96. The van der Waals surface area contributed by atoms with E-state index in [1.54, 1.807) is 12.1 Å². The first kappa shape index (κ1) is 16.7. The highest BCUT2D eigenvalue weighted by atomic mass is 79.9. The minimum atomic E-state index is -0.573. The summed E-state index contributed by atoms with van der Waals surface area (Å²) < 4.78 is 18.6. The molecule has 22 heavy (non-hydrogen) atoms. The van der Waals surface area contributed by atoms with E-state index in [9.17, 15) is 9.18 Å². The predicted molar refractivity (Wildman–Crippen MR) is 89.6 cm³/mol. The first-order valence-electron chi connectivity index (χ1n) is 6.99. The number of benzene rings is 2. The van der Waals surface area contributed by atoms with Crippen LogP contribution in [0, 0.1) is 5.82 Å². The van der Waals surface area contributed by atoms with Gasteiger partial charge in [-0.3, -0.25) is 0 Å². The zero-order valence-electron chi connectivity index (χ0n) is 12.8. The van der Waals surface area contributed by atoms with Gasteiger partial charge in [-0.25, -0.2) is 9.18 Å². The van der Waals surface area contributed by atoms with Crippen LogP contribution < -0.4 is 0 Å². The predicted octanol–water partition coefficient (Wildman–Crippen LogP) is 5.34. The van der Waals surface area contributed by atoms with Gasteiger partial charge in [0.1, 0.15) is 11.4 Å². The second kappa shape index (κ2) is 6.61. The van der Waals surface area contributed by atoms with Crippen LogP contribution in [0.1, 0.15) is 36.7 Å². The van der Waals surface area contributed by atoms with Gasteiger partial charge in [0.2, 0.25) is 0 Å². The summed E-state index contributed by atoms with van der Waals surface area (Å²) in [5.74, 6) is -0.680. The van der Waals surface area contributed by atoms with E-state index in [4.69, 9.17) is 4.74 Å². The minimum Gasteiger partial charge on any atom is -0.456 e. The Balaban J connectivity index is 2.55. The number of hydrogen-bond acceptors (Lipinski definition) is 2. The van der Waals surface area contributed by atoms with Crippen molar-refractivity contribution in [1.82, 2.24) is 0 Å². The minimum absolute atomic E-state index is 0.306. The molecule has 0 bridgehead atoms. The van der Waals surface area contributed by atoms with Crippen molar-refractivity contribution in [2.45, 2.75) is 31.7 Å². The van der Waals surface area contributed by atoms with Gasteiger partial charge < -0.3 is 4.74 Å². The fraction of sp³-hybridized carbons (Fsp3) is 0.278. The van der Waals surface area contributed by atoms with Crippen LogP contribution >= 0.6 is 15.9 Å². The number of rotatable bonds is 3. The summed E-state index contributed by atoms with van der Waals surface area (Å²) in [5.41, 5.74) is 2.31. The normalized spacial score (nSPS) is 11.3. The highest BCUT2D eigenvalue weighted by Crippen LogP contribution is 2.29.